The van der Waals surface area contributed by atoms with E-state index in [0.29, 0.717) is 61.7 Å². The number of sulfonamides is 1. The van der Waals surface area contributed by atoms with Gasteiger partial charge in [0.15, 0.2) is 0 Å². The topological polar surface area (TPSA) is 236 Å². The number of hydrogen-bond donors (Lipinski definition) is 4. The molecule has 59 heavy (non-hydrogen) atoms. The van der Waals surface area contributed by atoms with Crippen molar-refractivity contribution in [2.24, 2.45) is 7.05 Å². The normalized spacial score (nSPS) is 16.9. The van der Waals surface area contributed by atoms with E-state index >= 15 is 0 Å². The van der Waals surface area contributed by atoms with Gasteiger partial charge < -0.3 is 24.5 Å². The fourth-order valence-corrected chi connectivity index (χ4v) is 8.96. The summed E-state index contributed by atoms with van der Waals surface area (Å²) in [6.45, 7) is 1.76. The van der Waals surface area contributed by atoms with Crippen LogP contribution in [0.25, 0.3) is 21.9 Å². The highest BCUT2D eigenvalue weighted by Gasteiger charge is 2.44. The number of nitrogens with one attached hydrogen (secondary N) is 3. The van der Waals surface area contributed by atoms with Gasteiger partial charge in [-0.15, -0.1) is 0 Å². The second-order valence-electron chi connectivity index (χ2n) is 14.3. The molecule has 3 aliphatic heterocycles. The summed E-state index contributed by atoms with van der Waals surface area (Å²) in [5, 5.41) is 13.0. The Bertz CT molecular complexity index is 2440. The smallest absolute Gasteiger partial charge is 0.290 e. The van der Waals surface area contributed by atoms with Crippen LogP contribution in [-0.4, -0.2) is 115 Å². The van der Waals surface area contributed by atoms with Crippen LogP contribution >= 0.6 is 0 Å². The van der Waals surface area contributed by atoms with Crippen molar-refractivity contribution < 1.29 is 47.0 Å². The van der Waals surface area contributed by atoms with Crippen LogP contribution in [0.2, 0.25) is 0 Å². The van der Waals surface area contributed by atoms with Crippen molar-refractivity contribution in [3.8, 4) is 22.6 Å². The van der Waals surface area contributed by atoms with E-state index in [2.05, 4.69) is 20.3 Å². The van der Waals surface area contributed by atoms with Crippen LogP contribution in [0.4, 0.5) is 5.69 Å². The lowest BCUT2D eigenvalue weighted by Crippen LogP contribution is -2.57. The Morgan fingerprint density at radius 2 is 1.59 bits per heavy atom. The van der Waals surface area contributed by atoms with Gasteiger partial charge in [0.1, 0.15) is 22.8 Å². The molecule has 4 aromatic rings. The molecule has 3 aliphatic rings. The van der Waals surface area contributed by atoms with Gasteiger partial charge in [0.2, 0.25) is 21.8 Å². The number of carbonyl (C=O) groups excluding carboxylic acids is 4. The van der Waals surface area contributed by atoms with Crippen LogP contribution in [-0.2, 0) is 38.0 Å². The number of piperidine rings is 1. The molecule has 312 valence electrons. The van der Waals surface area contributed by atoms with Gasteiger partial charge >= 0.3 is 0 Å². The Balaban J connectivity index is 0.00000189. The molecule has 5 heterocycles. The summed E-state index contributed by atoms with van der Waals surface area (Å²) in [5.74, 6) is -1.02. The highest BCUT2D eigenvalue weighted by atomic mass is 32.2. The lowest BCUT2D eigenvalue weighted by molar-refractivity contribution is -0.136. The summed E-state index contributed by atoms with van der Waals surface area (Å²) >= 11 is 0. The number of benzene rings is 2. The van der Waals surface area contributed by atoms with Crippen LogP contribution < -0.4 is 30.4 Å². The molecule has 0 bridgehead atoms. The molecule has 4 amide bonds. The number of methoxy groups -OCH3 is 2. The standard InChI is InChI=1S/C39H43N7O9S.CH2O2/c1-44-21-30(26-11-14-40-18-29(26)37(44)49)23-15-33(54-2)31(34(16-23)55-3)22-45-19-25(20-45)56(52,53)42-13-6-4-5-12-41-24-7-8-27-28(17-24)39(51)46(38(27)50)32-9-10-35(47)43-36(32)48;2-1-3/h7-8,11,14-18,21,25,32,41-42H,4-6,9-10,12-13,19-20,22H2,1-3H3,(H,43,47,48);1H,(H,2,3). The Kier molecular flexibility index (Phi) is 13.1. The molecule has 1 atom stereocenters. The summed E-state index contributed by atoms with van der Waals surface area (Å²) < 4.78 is 42.0. The SMILES string of the molecule is COc1cc(-c2cn(C)c(=O)c3cnccc23)cc(OC)c1CN1CC(S(=O)(=O)NCCCCCNc2ccc3c(c2)C(=O)N(C2CCC(=O)NC2=O)C3=O)C1.O=CO. The molecule has 2 aromatic carbocycles. The molecule has 0 aliphatic carbocycles. The molecule has 0 saturated carbocycles. The third kappa shape index (κ3) is 8.96. The molecular formula is C40H45N7O11S. The number of fused-ring (bicyclic) bond motifs is 2. The van der Waals surface area contributed by atoms with Crippen LogP contribution in [0, 0.1) is 0 Å². The quantitative estimate of drug-likeness (QED) is 0.0764. The highest BCUT2D eigenvalue weighted by molar-refractivity contribution is 7.90. The van der Waals surface area contributed by atoms with Crippen molar-refractivity contribution in [1.82, 2.24) is 29.4 Å². The van der Waals surface area contributed by atoms with Crippen LogP contribution in [0.15, 0.2) is 59.8 Å². The molecule has 2 fully saturated rings. The van der Waals surface area contributed by atoms with Crippen molar-refractivity contribution in [2.45, 2.75) is 49.9 Å². The molecule has 2 saturated heterocycles. The van der Waals surface area contributed by atoms with Crippen LogP contribution in [0.5, 0.6) is 11.5 Å². The first kappa shape index (κ1) is 42.4. The number of imide groups is 2. The monoisotopic (exact) mass is 831 g/mol. The third-order valence-electron chi connectivity index (χ3n) is 10.6. The van der Waals surface area contributed by atoms with Crippen molar-refractivity contribution in [2.75, 3.05) is 45.7 Å². The van der Waals surface area contributed by atoms with E-state index in [4.69, 9.17) is 19.4 Å². The summed E-state index contributed by atoms with van der Waals surface area (Å²) in [6.07, 6.45) is 7.26. The molecule has 0 spiro atoms. The minimum absolute atomic E-state index is 0.0548. The van der Waals surface area contributed by atoms with Gasteiger partial charge in [0.05, 0.1) is 36.3 Å². The van der Waals surface area contributed by atoms with Crippen molar-refractivity contribution >= 4 is 56.6 Å². The van der Waals surface area contributed by atoms with Gasteiger partial charge in [0.25, 0.3) is 23.8 Å². The number of rotatable bonds is 15. The highest BCUT2D eigenvalue weighted by Crippen LogP contribution is 2.38. The van der Waals surface area contributed by atoms with Crippen molar-refractivity contribution in [3.63, 3.8) is 0 Å². The maximum absolute atomic E-state index is 13.1. The van der Waals surface area contributed by atoms with Gasteiger partial charge in [-0.05, 0) is 66.6 Å². The van der Waals surface area contributed by atoms with Crippen molar-refractivity contribution in [1.29, 1.82) is 0 Å². The van der Waals surface area contributed by atoms with Crippen LogP contribution in [0.1, 0.15) is 58.4 Å². The molecule has 1 unspecified atom stereocenters. The largest absolute Gasteiger partial charge is 0.496 e. The van der Waals surface area contributed by atoms with E-state index in [9.17, 15) is 32.4 Å². The Labute approximate surface area is 339 Å². The van der Waals surface area contributed by atoms with E-state index in [1.807, 2.05) is 17.0 Å². The average Bonchev–Trinajstić information content (AvgIpc) is 3.44. The maximum Gasteiger partial charge on any atom is 0.290 e. The van der Waals surface area contributed by atoms with E-state index in [-0.39, 0.29) is 36.0 Å². The van der Waals surface area contributed by atoms with Crippen molar-refractivity contribution in [3.05, 3.63) is 82.0 Å². The predicted molar refractivity (Wildman–Crippen MR) is 216 cm³/mol. The number of amides is 4. The molecule has 7 rings (SSSR count). The number of hydrogen-bond acceptors (Lipinski definition) is 13. The van der Waals surface area contributed by atoms with Gasteiger partial charge in [-0.2, -0.15) is 0 Å². The number of aromatic nitrogens is 2. The third-order valence-corrected chi connectivity index (χ3v) is 12.4. The summed E-state index contributed by atoms with van der Waals surface area (Å²) in [6, 6.07) is 9.43. The fraction of sp³-hybridized carbons (Fsp3) is 0.375. The molecule has 2 aromatic heterocycles. The maximum atomic E-state index is 13.1. The Morgan fingerprint density at radius 1 is 0.915 bits per heavy atom. The summed E-state index contributed by atoms with van der Waals surface area (Å²) in [7, 11) is 1.32. The number of anilines is 1. The number of ether oxygens (including phenoxy) is 2. The van der Waals surface area contributed by atoms with Gasteiger partial charge in [-0.3, -0.25) is 48.9 Å². The average molecular weight is 832 g/mol. The Morgan fingerprint density at radius 3 is 2.27 bits per heavy atom. The number of pyridine rings is 2. The first-order valence-electron chi connectivity index (χ1n) is 18.9. The molecule has 4 N–H and O–H groups in total. The number of carboxylic acid groups (broad SMARTS) is 1. The zero-order chi connectivity index (χ0) is 42.4. The van der Waals surface area contributed by atoms with E-state index in [0.717, 1.165) is 39.8 Å². The summed E-state index contributed by atoms with van der Waals surface area (Å²) in [4.78, 5) is 78.0. The first-order valence-corrected chi connectivity index (χ1v) is 20.4. The number of carbonyl (C=O) groups is 5. The lowest BCUT2D eigenvalue weighted by Gasteiger charge is -2.39. The van der Waals surface area contributed by atoms with E-state index in [1.165, 1.54) is 4.57 Å². The predicted octanol–water partition coefficient (Wildman–Crippen LogP) is 2.11. The Hall–Kier alpha value is -6.18. The zero-order valence-corrected chi connectivity index (χ0v) is 33.5. The van der Waals surface area contributed by atoms with E-state index in [1.54, 1.807) is 64.1 Å². The first-order chi connectivity index (χ1) is 28.3. The van der Waals surface area contributed by atoms with Crippen LogP contribution in [0.3, 0.4) is 0 Å². The number of unbranched alkanes of at least 4 members (excludes halogenated alkanes) is 2. The summed E-state index contributed by atoms with van der Waals surface area (Å²) in [5.41, 5.74) is 3.34. The van der Waals surface area contributed by atoms with E-state index < -0.39 is 44.9 Å². The van der Waals surface area contributed by atoms with Gasteiger partial charge in [0, 0.05) is 76.0 Å². The fourth-order valence-electron chi connectivity index (χ4n) is 7.48. The molecule has 19 heteroatoms. The zero-order valence-electron chi connectivity index (χ0n) is 32.7. The lowest BCUT2D eigenvalue weighted by atomic mass is 9.98. The number of likely N-dealkylation sites (tertiary alicyclic amines) is 1. The molecule has 18 nitrogen and oxygen atoms in total. The minimum Gasteiger partial charge on any atom is -0.496 e. The molecular weight excluding hydrogens is 787 g/mol. The second kappa shape index (κ2) is 18.2. The minimum atomic E-state index is -3.53. The molecule has 0 radical (unpaired) electrons. The number of aryl methyl sites for hydroxylation is 1. The van der Waals surface area contributed by atoms with Gasteiger partial charge in [-0.25, -0.2) is 13.1 Å². The second-order valence-corrected chi connectivity index (χ2v) is 16.3. The number of nitrogens with zero attached hydrogens (tertiary/aromatic N) is 4. The van der Waals surface area contributed by atoms with Gasteiger partial charge in [-0.1, -0.05) is 6.42 Å².